The SMILES string of the molecule is Cc1nc(C)n(-c2ncc(NC(=O)CNC(=O)OCc3ccccc3)cn2)c1C. The van der Waals surface area contributed by atoms with Crippen molar-refractivity contribution in [1.82, 2.24) is 24.8 Å². The molecule has 9 nitrogen and oxygen atoms in total. The van der Waals surface area contributed by atoms with Crippen LogP contribution < -0.4 is 10.6 Å². The number of amides is 2. The van der Waals surface area contributed by atoms with Crippen molar-refractivity contribution in [3.63, 3.8) is 0 Å². The summed E-state index contributed by atoms with van der Waals surface area (Å²) in [6, 6.07) is 9.28. The molecule has 150 valence electrons. The molecule has 29 heavy (non-hydrogen) atoms. The van der Waals surface area contributed by atoms with E-state index in [1.807, 2.05) is 55.7 Å². The molecule has 2 N–H and O–H groups in total. The van der Waals surface area contributed by atoms with Gasteiger partial charge in [0.15, 0.2) is 0 Å². The lowest BCUT2D eigenvalue weighted by molar-refractivity contribution is -0.115. The summed E-state index contributed by atoms with van der Waals surface area (Å²) in [5.41, 5.74) is 3.15. The molecule has 0 aliphatic carbocycles. The maximum atomic E-state index is 12.0. The van der Waals surface area contributed by atoms with Gasteiger partial charge in [0, 0.05) is 5.69 Å². The zero-order valence-electron chi connectivity index (χ0n) is 16.5. The van der Waals surface area contributed by atoms with Crippen LogP contribution in [0, 0.1) is 20.8 Å². The topological polar surface area (TPSA) is 111 Å². The molecule has 2 amide bonds. The van der Waals surface area contributed by atoms with Crippen LogP contribution in [-0.2, 0) is 16.1 Å². The summed E-state index contributed by atoms with van der Waals surface area (Å²) in [7, 11) is 0. The first-order valence-electron chi connectivity index (χ1n) is 9.03. The first kappa shape index (κ1) is 20.0. The molecule has 3 rings (SSSR count). The fraction of sp³-hybridized carbons (Fsp3) is 0.250. The van der Waals surface area contributed by atoms with Crippen LogP contribution in [0.15, 0.2) is 42.7 Å². The van der Waals surface area contributed by atoms with Gasteiger partial charge in [-0.1, -0.05) is 30.3 Å². The molecule has 0 unspecified atom stereocenters. The average molecular weight is 394 g/mol. The largest absolute Gasteiger partial charge is 0.445 e. The van der Waals surface area contributed by atoms with Crippen molar-refractivity contribution in [3.05, 3.63) is 65.5 Å². The molecular formula is C20H22N6O3. The summed E-state index contributed by atoms with van der Waals surface area (Å²) in [6.07, 6.45) is 2.33. The van der Waals surface area contributed by atoms with Gasteiger partial charge < -0.3 is 15.4 Å². The van der Waals surface area contributed by atoms with Crippen LogP contribution in [-0.4, -0.2) is 38.1 Å². The van der Waals surface area contributed by atoms with Crippen LogP contribution in [0.4, 0.5) is 10.5 Å². The molecule has 0 saturated carbocycles. The molecule has 9 heteroatoms. The van der Waals surface area contributed by atoms with Crippen molar-refractivity contribution in [2.24, 2.45) is 0 Å². The minimum Gasteiger partial charge on any atom is -0.445 e. The van der Waals surface area contributed by atoms with Gasteiger partial charge in [-0.05, 0) is 26.3 Å². The first-order chi connectivity index (χ1) is 13.9. The molecule has 3 aromatic rings. The van der Waals surface area contributed by atoms with Gasteiger partial charge in [0.2, 0.25) is 11.9 Å². The number of alkyl carbamates (subject to hydrolysis) is 1. The predicted molar refractivity (Wildman–Crippen MR) is 107 cm³/mol. The van der Waals surface area contributed by atoms with E-state index in [0.29, 0.717) is 11.6 Å². The summed E-state index contributed by atoms with van der Waals surface area (Å²) in [5.74, 6) is 0.847. The van der Waals surface area contributed by atoms with E-state index < -0.39 is 12.0 Å². The van der Waals surface area contributed by atoms with E-state index in [9.17, 15) is 9.59 Å². The lowest BCUT2D eigenvalue weighted by atomic mass is 10.2. The monoisotopic (exact) mass is 394 g/mol. The standard InChI is InChI=1S/C20H22N6O3/c1-13-14(2)26(15(3)24-13)19-21-9-17(10-22-19)25-18(27)11-23-20(28)29-12-16-7-5-4-6-8-16/h4-10H,11-12H2,1-3H3,(H,23,28)(H,25,27). The van der Waals surface area contributed by atoms with Gasteiger partial charge in [0.1, 0.15) is 19.0 Å². The number of hydrogen-bond acceptors (Lipinski definition) is 6. The molecule has 0 bridgehead atoms. The van der Waals surface area contributed by atoms with Crippen LogP contribution in [0.3, 0.4) is 0 Å². The summed E-state index contributed by atoms with van der Waals surface area (Å²) in [5, 5.41) is 5.03. The molecule has 0 fully saturated rings. The van der Waals surface area contributed by atoms with Crippen LogP contribution in [0.25, 0.3) is 5.95 Å². The highest BCUT2D eigenvalue weighted by atomic mass is 16.5. The first-order valence-corrected chi connectivity index (χ1v) is 9.03. The normalized spacial score (nSPS) is 10.4. The Morgan fingerprint density at radius 2 is 1.76 bits per heavy atom. The second kappa shape index (κ2) is 8.96. The number of ether oxygens (including phenoxy) is 1. The Labute approximate surface area is 168 Å². The van der Waals surface area contributed by atoms with Crippen LogP contribution >= 0.6 is 0 Å². The van der Waals surface area contributed by atoms with E-state index in [-0.39, 0.29) is 13.2 Å². The summed E-state index contributed by atoms with van der Waals surface area (Å²) in [6.45, 7) is 5.65. The third-order valence-electron chi connectivity index (χ3n) is 4.24. The molecule has 0 aliphatic rings. The number of hydrogen-bond donors (Lipinski definition) is 2. The summed E-state index contributed by atoms with van der Waals surface area (Å²) < 4.78 is 6.89. The van der Waals surface area contributed by atoms with E-state index in [4.69, 9.17) is 4.74 Å². The quantitative estimate of drug-likeness (QED) is 0.664. The van der Waals surface area contributed by atoms with Gasteiger partial charge in [-0.2, -0.15) is 0 Å². The minimum atomic E-state index is -0.669. The van der Waals surface area contributed by atoms with Gasteiger partial charge in [0.05, 0.1) is 23.8 Å². The Hall–Kier alpha value is -3.75. The maximum Gasteiger partial charge on any atom is 0.407 e. The lowest BCUT2D eigenvalue weighted by Crippen LogP contribution is -2.33. The number of rotatable bonds is 6. The smallest absolute Gasteiger partial charge is 0.407 e. The van der Waals surface area contributed by atoms with Crippen molar-refractivity contribution in [1.29, 1.82) is 0 Å². The highest BCUT2D eigenvalue weighted by Crippen LogP contribution is 2.14. The predicted octanol–water partition coefficient (Wildman–Crippen LogP) is 2.45. The van der Waals surface area contributed by atoms with Gasteiger partial charge in [0.25, 0.3) is 0 Å². The van der Waals surface area contributed by atoms with E-state index in [0.717, 1.165) is 22.8 Å². The van der Waals surface area contributed by atoms with Gasteiger partial charge in [-0.3, -0.25) is 9.36 Å². The molecule has 0 atom stereocenters. The van der Waals surface area contributed by atoms with Crippen molar-refractivity contribution < 1.29 is 14.3 Å². The number of nitrogens with zero attached hydrogens (tertiary/aromatic N) is 4. The molecule has 2 aromatic heterocycles. The van der Waals surface area contributed by atoms with E-state index in [1.54, 1.807) is 0 Å². The van der Waals surface area contributed by atoms with Crippen LogP contribution in [0.1, 0.15) is 22.8 Å². The molecule has 0 saturated heterocycles. The average Bonchev–Trinajstić information content (AvgIpc) is 2.98. The number of benzene rings is 1. The lowest BCUT2D eigenvalue weighted by Gasteiger charge is -2.09. The molecule has 2 heterocycles. The van der Waals surface area contributed by atoms with Crippen molar-refractivity contribution in [3.8, 4) is 5.95 Å². The Morgan fingerprint density at radius 1 is 1.07 bits per heavy atom. The Bertz CT molecular complexity index is 999. The fourth-order valence-electron chi connectivity index (χ4n) is 2.71. The zero-order valence-corrected chi connectivity index (χ0v) is 16.5. The number of aromatic nitrogens is 4. The number of carbonyl (C=O) groups is 2. The third-order valence-corrected chi connectivity index (χ3v) is 4.24. The number of nitrogens with one attached hydrogen (secondary N) is 2. The molecular weight excluding hydrogens is 372 g/mol. The van der Waals surface area contributed by atoms with Crippen LogP contribution in [0.2, 0.25) is 0 Å². The Kier molecular flexibility index (Phi) is 6.18. The molecule has 0 spiro atoms. The molecule has 1 aromatic carbocycles. The number of imidazole rings is 1. The highest BCUT2D eigenvalue weighted by Gasteiger charge is 2.12. The highest BCUT2D eigenvalue weighted by molar-refractivity contribution is 5.93. The summed E-state index contributed by atoms with van der Waals surface area (Å²) >= 11 is 0. The number of carbonyl (C=O) groups excluding carboxylic acids is 2. The third kappa shape index (κ3) is 5.16. The van der Waals surface area contributed by atoms with Gasteiger partial charge in [-0.25, -0.2) is 19.7 Å². The van der Waals surface area contributed by atoms with E-state index >= 15 is 0 Å². The van der Waals surface area contributed by atoms with E-state index in [1.165, 1.54) is 12.4 Å². The van der Waals surface area contributed by atoms with Crippen molar-refractivity contribution in [2.45, 2.75) is 27.4 Å². The van der Waals surface area contributed by atoms with Crippen molar-refractivity contribution >= 4 is 17.7 Å². The number of aryl methyl sites for hydroxylation is 2. The molecule has 0 aliphatic heterocycles. The molecule has 0 radical (unpaired) electrons. The van der Waals surface area contributed by atoms with Gasteiger partial charge >= 0.3 is 6.09 Å². The summed E-state index contributed by atoms with van der Waals surface area (Å²) in [4.78, 5) is 36.7. The van der Waals surface area contributed by atoms with E-state index in [2.05, 4.69) is 25.6 Å². The zero-order chi connectivity index (χ0) is 20.8. The Morgan fingerprint density at radius 3 is 2.38 bits per heavy atom. The fourth-order valence-corrected chi connectivity index (χ4v) is 2.71. The Balaban J connectivity index is 1.48. The van der Waals surface area contributed by atoms with Crippen LogP contribution in [0.5, 0.6) is 0 Å². The van der Waals surface area contributed by atoms with Crippen molar-refractivity contribution in [2.75, 3.05) is 11.9 Å². The van der Waals surface area contributed by atoms with Gasteiger partial charge in [-0.15, -0.1) is 0 Å². The number of anilines is 1. The second-order valence-electron chi connectivity index (χ2n) is 6.40. The minimum absolute atomic E-state index is 0.135. The maximum absolute atomic E-state index is 12.0. The second-order valence-corrected chi connectivity index (χ2v) is 6.40.